The van der Waals surface area contributed by atoms with E-state index in [1.54, 1.807) is 0 Å². The second-order valence-electron chi connectivity index (χ2n) is 7.02. The van der Waals surface area contributed by atoms with E-state index in [2.05, 4.69) is 29.2 Å². The first kappa shape index (κ1) is 16.7. The van der Waals surface area contributed by atoms with Crippen LogP contribution in [0.1, 0.15) is 12.8 Å². The van der Waals surface area contributed by atoms with Gasteiger partial charge in [-0.25, -0.2) is 9.98 Å². The first-order chi connectivity index (χ1) is 13.9. The lowest BCUT2D eigenvalue weighted by molar-refractivity contribution is 0.535. The van der Waals surface area contributed by atoms with Crippen LogP contribution < -0.4 is 0 Å². The number of pyridine rings is 1. The average Bonchev–Trinajstić information content (AvgIpc) is 3.42. The fourth-order valence-electron chi connectivity index (χ4n) is 3.55. The zero-order valence-corrected chi connectivity index (χ0v) is 15.6. The lowest BCUT2D eigenvalue weighted by atomic mass is 10.2. The Balaban J connectivity index is 1.60. The standard InChI is InChI=1S/C23H21N5/c1-2-8-18(9-3-1)21-16-23(24-17-27-14-6-7-15-27)28(26-21)22-13-12-19-10-4-5-11-20(19)25-22/h1-5,8-13,16-17H,6-7,14-15H2/b24-17+. The fraction of sp³-hybridized carbons (Fsp3) is 0.174. The topological polar surface area (TPSA) is 46.3 Å². The quantitative estimate of drug-likeness (QED) is 0.383. The minimum absolute atomic E-state index is 0.773. The van der Waals surface area contributed by atoms with E-state index in [4.69, 9.17) is 15.1 Å². The highest BCUT2D eigenvalue weighted by molar-refractivity contribution is 5.79. The van der Waals surface area contributed by atoms with Crippen LogP contribution in [0.15, 0.2) is 77.8 Å². The molecule has 4 aromatic rings. The van der Waals surface area contributed by atoms with Gasteiger partial charge in [0.25, 0.3) is 0 Å². The summed E-state index contributed by atoms with van der Waals surface area (Å²) in [5, 5.41) is 5.94. The number of aromatic nitrogens is 3. The van der Waals surface area contributed by atoms with Crippen molar-refractivity contribution in [2.75, 3.05) is 13.1 Å². The van der Waals surface area contributed by atoms with Crippen LogP contribution in [0.4, 0.5) is 5.82 Å². The molecular formula is C23H21N5. The van der Waals surface area contributed by atoms with Gasteiger partial charge in [0.05, 0.1) is 17.5 Å². The fourth-order valence-corrected chi connectivity index (χ4v) is 3.55. The van der Waals surface area contributed by atoms with Crippen molar-refractivity contribution >= 4 is 23.1 Å². The van der Waals surface area contributed by atoms with Crippen LogP contribution >= 0.6 is 0 Å². The Hall–Kier alpha value is -3.47. The van der Waals surface area contributed by atoms with E-state index in [1.807, 2.05) is 59.6 Å². The molecule has 0 bridgehead atoms. The number of aliphatic imine (C=N–C) groups is 1. The molecule has 1 aliphatic rings. The number of hydrogen-bond donors (Lipinski definition) is 0. The van der Waals surface area contributed by atoms with Gasteiger partial charge in [-0.1, -0.05) is 48.5 Å². The Morgan fingerprint density at radius 3 is 2.50 bits per heavy atom. The van der Waals surface area contributed by atoms with Gasteiger partial charge in [0.2, 0.25) is 0 Å². The number of nitrogens with zero attached hydrogens (tertiary/aromatic N) is 5. The molecular weight excluding hydrogens is 346 g/mol. The molecule has 1 aliphatic heterocycles. The molecule has 0 amide bonds. The maximum Gasteiger partial charge on any atom is 0.159 e. The summed E-state index contributed by atoms with van der Waals surface area (Å²) in [7, 11) is 0. The number of benzene rings is 2. The maximum atomic E-state index is 4.82. The molecule has 5 heteroatoms. The SMILES string of the molecule is C(=N\c1cc(-c2ccccc2)nn1-c1ccc2ccccc2n1)/N1CCCC1. The Kier molecular flexibility index (Phi) is 4.33. The number of likely N-dealkylation sites (tertiary alicyclic amines) is 1. The molecule has 138 valence electrons. The van der Waals surface area contributed by atoms with Gasteiger partial charge in [-0.2, -0.15) is 9.78 Å². The summed E-state index contributed by atoms with van der Waals surface area (Å²) in [6.07, 6.45) is 4.40. The second kappa shape index (κ2) is 7.27. The van der Waals surface area contributed by atoms with Crippen molar-refractivity contribution in [2.45, 2.75) is 12.8 Å². The molecule has 2 aromatic heterocycles. The van der Waals surface area contributed by atoms with Gasteiger partial charge in [0.15, 0.2) is 11.6 Å². The van der Waals surface area contributed by atoms with Crippen LogP contribution in [0.3, 0.4) is 0 Å². The third-order valence-electron chi connectivity index (χ3n) is 5.05. The molecule has 0 N–H and O–H groups in total. The number of fused-ring (bicyclic) bond motifs is 1. The Bertz CT molecular complexity index is 1120. The molecule has 0 saturated carbocycles. The van der Waals surface area contributed by atoms with E-state index < -0.39 is 0 Å². The van der Waals surface area contributed by atoms with Gasteiger partial charge in [0, 0.05) is 30.1 Å². The summed E-state index contributed by atoms with van der Waals surface area (Å²) < 4.78 is 1.83. The molecule has 0 aliphatic carbocycles. The monoisotopic (exact) mass is 367 g/mol. The molecule has 0 spiro atoms. The van der Waals surface area contributed by atoms with E-state index in [-0.39, 0.29) is 0 Å². The van der Waals surface area contributed by atoms with Crippen molar-refractivity contribution < 1.29 is 0 Å². The molecule has 3 heterocycles. The first-order valence-electron chi connectivity index (χ1n) is 9.67. The summed E-state index contributed by atoms with van der Waals surface area (Å²) in [6, 6.07) is 24.4. The van der Waals surface area contributed by atoms with Gasteiger partial charge in [-0.05, 0) is 31.0 Å². The summed E-state index contributed by atoms with van der Waals surface area (Å²) >= 11 is 0. The molecule has 5 nitrogen and oxygen atoms in total. The number of rotatable bonds is 4. The Morgan fingerprint density at radius 2 is 1.64 bits per heavy atom. The third kappa shape index (κ3) is 3.27. The predicted molar refractivity (Wildman–Crippen MR) is 113 cm³/mol. The van der Waals surface area contributed by atoms with E-state index in [0.29, 0.717) is 0 Å². The van der Waals surface area contributed by atoms with E-state index in [1.165, 1.54) is 12.8 Å². The first-order valence-corrected chi connectivity index (χ1v) is 9.67. The highest BCUT2D eigenvalue weighted by Crippen LogP contribution is 2.27. The summed E-state index contributed by atoms with van der Waals surface area (Å²) in [5.41, 5.74) is 2.91. The van der Waals surface area contributed by atoms with Crippen LogP contribution in [0.5, 0.6) is 0 Å². The molecule has 0 atom stereocenters. The Labute approximate surface area is 164 Å². The Morgan fingerprint density at radius 1 is 0.857 bits per heavy atom. The number of para-hydroxylation sites is 1. The molecule has 0 radical (unpaired) electrons. The zero-order chi connectivity index (χ0) is 18.8. The zero-order valence-electron chi connectivity index (χ0n) is 15.6. The minimum atomic E-state index is 0.773. The third-order valence-corrected chi connectivity index (χ3v) is 5.05. The molecule has 1 fully saturated rings. The van der Waals surface area contributed by atoms with Crippen molar-refractivity contribution in [3.05, 3.63) is 72.8 Å². The van der Waals surface area contributed by atoms with Crippen molar-refractivity contribution in [3.8, 4) is 17.1 Å². The van der Waals surface area contributed by atoms with Gasteiger partial charge in [0.1, 0.15) is 0 Å². The van der Waals surface area contributed by atoms with Gasteiger partial charge >= 0.3 is 0 Å². The number of hydrogen-bond acceptors (Lipinski definition) is 3. The van der Waals surface area contributed by atoms with E-state index in [0.717, 1.165) is 46.9 Å². The van der Waals surface area contributed by atoms with Gasteiger partial charge in [-0.15, -0.1) is 0 Å². The van der Waals surface area contributed by atoms with Crippen molar-refractivity contribution in [2.24, 2.45) is 4.99 Å². The minimum Gasteiger partial charge on any atom is -0.363 e. The van der Waals surface area contributed by atoms with Crippen LogP contribution in [-0.4, -0.2) is 39.1 Å². The summed E-state index contributed by atoms with van der Waals surface area (Å²) in [4.78, 5) is 11.8. The van der Waals surface area contributed by atoms with E-state index >= 15 is 0 Å². The van der Waals surface area contributed by atoms with Crippen molar-refractivity contribution in [3.63, 3.8) is 0 Å². The largest absolute Gasteiger partial charge is 0.363 e. The molecule has 28 heavy (non-hydrogen) atoms. The van der Waals surface area contributed by atoms with Crippen LogP contribution in [-0.2, 0) is 0 Å². The highest BCUT2D eigenvalue weighted by Gasteiger charge is 2.13. The van der Waals surface area contributed by atoms with Crippen LogP contribution in [0.2, 0.25) is 0 Å². The van der Waals surface area contributed by atoms with Crippen LogP contribution in [0.25, 0.3) is 28.0 Å². The van der Waals surface area contributed by atoms with Crippen molar-refractivity contribution in [1.82, 2.24) is 19.7 Å². The lowest BCUT2D eigenvalue weighted by Gasteiger charge is -2.09. The average molecular weight is 367 g/mol. The normalized spacial score (nSPS) is 14.4. The molecule has 1 saturated heterocycles. The second-order valence-corrected chi connectivity index (χ2v) is 7.02. The molecule has 0 unspecified atom stereocenters. The van der Waals surface area contributed by atoms with E-state index in [9.17, 15) is 0 Å². The van der Waals surface area contributed by atoms with Gasteiger partial charge in [-0.3, -0.25) is 0 Å². The molecule has 2 aromatic carbocycles. The molecule has 5 rings (SSSR count). The summed E-state index contributed by atoms with van der Waals surface area (Å²) in [6.45, 7) is 2.13. The smallest absolute Gasteiger partial charge is 0.159 e. The summed E-state index contributed by atoms with van der Waals surface area (Å²) in [5.74, 6) is 1.56. The van der Waals surface area contributed by atoms with Crippen molar-refractivity contribution in [1.29, 1.82) is 0 Å². The van der Waals surface area contributed by atoms with Crippen LogP contribution in [0, 0.1) is 0 Å². The maximum absolute atomic E-state index is 4.82. The highest BCUT2D eigenvalue weighted by atomic mass is 15.4. The lowest BCUT2D eigenvalue weighted by Crippen LogP contribution is -2.16. The predicted octanol–water partition coefficient (Wildman–Crippen LogP) is 4.84. The van der Waals surface area contributed by atoms with Gasteiger partial charge < -0.3 is 4.90 Å².